The van der Waals surface area contributed by atoms with Gasteiger partial charge in [0.1, 0.15) is 5.76 Å². The van der Waals surface area contributed by atoms with Crippen LogP contribution in [0.3, 0.4) is 0 Å². The first kappa shape index (κ1) is 16.9. The molecule has 0 fully saturated rings. The van der Waals surface area contributed by atoms with Gasteiger partial charge in [-0.2, -0.15) is 0 Å². The Bertz CT molecular complexity index is 871. The van der Waals surface area contributed by atoms with Crippen molar-refractivity contribution in [1.29, 1.82) is 0 Å². The third-order valence-corrected chi connectivity index (χ3v) is 4.30. The summed E-state index contributed by atoms with van der Waals surface area (Å²) in [5.74, 6) is 0.898. The zero-order valence-electron chi connectivity index (χ0n) is 13.6. The number of nitrogens with zero attached hydrogens (tertiary/aromatic N) is 1. The third-order valence-electron chi connectivity index (χ3n) is 3.39. The van der Waals surface area contributed by atoms with Gasteiger partial charge >= 0.3 is 0 Å². The maximum absolute atomic E-state index is 11.9. The number of aromatic nitrogens is 1. The maximum Gasteiger partial charge on any atom is 0.244 e. The second kappa shape index (κ2) is 7.76. The van der Waals surface area contributed by atoms with Crippen molar-refractivity contribution in [3.63, 3.8) is 0 Å². The molecule has 1 aromatic carbocycles. The minimum atomic E-state index is -0.325. The highest BCUT2D eigenvalue weighted by atomic mass is 32.1. The molecule has 0 aliphatic rings. The topological polar surface area (TPSA) is 84.2 Å². The first-order valence-corrected chi connectivity index (χ1v) is 8.61. The molecule has 2 amide bonds. The predicted octanol–water partition coefficient (Wildman–Crippen LogP) is 2.64. The van der Waals surface area contributed by atoms with Crippen LogP contribution in [0.25, 0.3) is 10.8 Å². The van der Waals surface area contributed by atoms with Gasteiger partial charge in [-0.1, -0.05) is 30.3 Å². The normalized spacial score (nSPS) is 10.4. The summed E-state index contributed by atoms with van der Waals surface area (Å²) in [6.07, 6.45) is 0.293. The van der Waals surface area contributed by atoms with E-state index in [-0.39, 0.29) is 24.7 Å². The van der Waals surface area contributed by atoms with Crippen molar-refractivity contribution in [3.8, 4) is 10.8 Å². The number of hydrogen-bond acceptors (Lipinski definition) is 5. The Morgan fingerprint density at radius 2 is 1.76 bits per heavy atom. The van der Waals surface area contributed by atoms with E-state index in [0.29, 0.717) is 11.5 Å². The van der Waals surface area contributed by atoms with Crippen molar-refractivity contribution in [3.05, 3.63) is 64.9 Å². The van der Waals surface area contributed by atoms with Gasteiger partial charge in [0, 0.05) is 5.38 Å². The summed E-state index contributed by atoms with van der Waals surface area (Å²) in [5, 5.41) is 2.53. The molecule has 0 bridgehead atoms. The van der Waals surface area contributed by atoms with Gasteiger partial charge in [-0.05, 0) is 24.6 Å². The number of carbonyl (C=O) groups is 2. The summed E-state index contributed by atoms with van der Waals surface area (Å²) in [6, 6.07) is 13.0. The fourth-order valence-corrected chi connectivity index (χ4v) is 3.00. The zero-order valence-corrected chi connectivity index (χ0v) is 14.4. The average Bonchev–Trinajstić information content (AvgIpc) is 3.23. The second-order valence-corrected chi connectivity index (χ2v) is 6.35. The molecule has 128 valence electrons. The molecule has 3 rings (SSSR count). The van der Waals surface area contributed by atoms with Gasteiger partial charge in [0.25, 0.3) is 0 Å². The molecule has 0 spiro atoms. The Kier molecular flexibility index (Phi) is 5.25. The number of thiazole rings is 1. The van der Waals surface area contributed by atoms with Gasteiger partial charge in [-0.15, -0.1) is 11.3 Å². The quantitative estimate of drug-likeness (QED) is 0.689. The highest BCUT2D eigenvalue weighted by Gasteiger charge is 2.12. The lowest BCUT2D eigenvalue weighted by atomic mass is 10.1. The van der Waals surface area contributed by atoms with Crippen molar-refractivity contribution in [1.82, 2.24) is 15.8 Å². The van der Waals surface area contributed by atoms with E-state index in [9.17, 15) is 9.59 Å². The van der Waals surface area contributed by atoms with Crippen LogP contribution in [0.5, 0.6) is 0 Å². The Balaban J connectivity index is 1.48. The van der Waals surface area contributed by atoms with Crippen molar-refractivity contribution in [2.45, 2.75) is 19.8 Å². The van der Waals surface area contributed by atoms with Gasteiger partial charge < -0.3 is 4.42 Å². The van der Waals surface area contributed by atoms with Gasteiger partial charge in [0.15, 0.2) is 10.8 Å². The van der Waals surface area contributed by atoms with Crippen molar-refractivity contribution < 1.29 is 14.0 Å². The second-order valence-electron chi connectivity index (χ2n) is 5.49. The van der Waals surface area contributed by atoms with Crippen LogP contribution < -0.4 is 10.9 Å². The van der Waals surface area contributed by atoms with Crippen LogP contribution in [0.2, 0.25) is 0 Å². The number of nitrogens with one attached hydrogen (secondary N) is 2. The molecule has 0 saturated carbocycles. The van der Waals surface area contributed by atoms with E-state index in [0.717, 1.165) is 16.3 Å². The Labute approximate surface area is 148 Å². The fraction of sp³-hybridized carbons (Fsp3) is 0.167. The summed E-state index contributed by atoms with van der Waals surface area (Å²) in [7, 11) is 0. The molecule has 7 heteroatoms. The molecule has 3 aromatic rings. The minimum Gasteiger partial charge on any atom is -0.459 e. The molecule has 25 heavy (non-hydrogen) atoms. The first-order chi connectivity index (χ1) is 12.1. The molecule has 0 atom stereocenters. The summed E-state index contributed by atoms with van der Waals surface area (Å²) < 4.78 is 5.51. The van der Waals surface area contributed by atoms with E-state index < -0.39 is 0 Å². The van der Waals surface area contributed by atoms with Crippen LogP contribution >= 0.6 is 11.3 Å². The largest absolute Gasteiger partial charge is 0.459 e. The van der Waals surface area contributed by atoms with Crippen LogP contribution in [0.1, 0.15) is 17.0 Å². The smallest absolute Gasteiger partial charge is 0.244 e. The van der Waals surface area contributed by atoms with Gasteiger partial charge in [-0.25, -0.2) is 4.98 Å². The van der Waals surface area contributed by atoms with E-state index >= 15 is 0 Å². The Morgan fingerprint density at radius 1 is 1.04 bits per heavy atom. The molecule has 2 heterocycles. The van der Waals surface area contributed by atoms with E-state index in [4.69, 9.17) is 4.42 Å². The van der Waals surface area contributed by atoms with E-state index in [1.807, 2.05) is 49.4 Å². The molecule has 2 aromatic heterocycles. The summed E-state index contributed by atoms with van der Waals surface area (Å²) in [4.78, 5) is 28.1. The lowest BCUT2D eigenvalue weighted by Crippen LogP contribution is -2.43. The Hall–Kier alpha value is -2.93. The molecule has 0 aliphatic heterocycles. The lowest BCUT2D eigenvalue weighted by molar-refractivity contribution is -0.128. The van der Waals surface area contributed by atoms with Crippen molar-refractivity contribution in [2.75, 3.05) is 0 Å². The third kappa shape index (κ3) is 4.77. The number of furan rings is 1. The molecular formula is C18H17N3O3S. The summed E-state index contributed by atoms with van der Waals surface area (Å²) >= 11 is 1.41. The summed E-state index contributed by atoms with van der Waals surface area (Å²) in [5.41, 5.74) is 6.33. The minimum absolute atomic E-state index is 0.0851. The number of benzene rings is 1. The highest BCUT2D eigenvalue weighted by Crippen LogP contribution is 2.25. The van der Waals surface area contributed by atoms with E-state index in [2.05, 4.69) is 15.8 Å². The zero-order chi connectivity index (χ0) is 17.6. The van der Waals surface area contributed by atoms with Crippen LogP contribution in [0.15, 0.2) is 52.3 Å². The van der Waals surface area contributed by atoms with Gasteiger partial charge in [0.05, 0.1) is 18.5 Å². The number of hydrazine groups is 1. The number of hydrogen-bond donors (Lipinski definition) is 2. The maximum atomic E-state index is 11.9. The van der Waals surface area contributed by atoms with Crippen LogP contribution in [-0.2, 0) is 22.4 Å². The number of carbonyl (C=O) groups excluding carboxylic acids is 2. The molecule has 0 saturated heterocycles. The van der Waals surface area contributed by atoms with E-state index in [1.54, 1.807) is 5.38 Å². The van der Waals surface area contributed by atoms with Crippen LogP contribution in [0, 0.1) is 6.92 Å². The fourth-order valence-electron chi connectivity index (χ4n) is 2.22. The molecule has 2 N–H and O–H groups in total. The number of amides is 2. The lowest BCUT2D eigenvalue weighted by Gasteiger charge is -2.06. The number of aryl methyl sites for hydroxylation is 1. The van der Waals surface area contributed by atoms with Gasteiger partial charge in [-0.3, -0.25) is 20.4 Å². The Morgan fingerprint density at radius 3 is 2.44 bits per heavy atom. The van der Waals surface area contributed by atoms with Crippen LogP contribution in [0.4, 0.5) is 0 Å². The molecule has 0 unspecified atom stereocenters. The van der Waals surface area contributed by atoms with Crippen molar-refractivity contribution in [2.24, 2.45) is 0 Å². The molecule has 0 aliphatic carbocycles. The molecular weight excluding hydrogens is 338 g/mol. The predicted molar refractivity (Wildman–Crippen MR) is 94.7 cm³/mol. The highest BCUT2D eigenvalue weighted by molar-refractivity contribution is 7.13. The molecule has 6 nitrogen and oxygen atoms in total. The first-order valence-electron chi connectivity index (χ1n) is 7.73. The van der Waals surface area contributed by atoms with Crippen molar-refractivity contribution >= 4 is 23.2 Å². The SMILES string of the molecule is Cc1ccc(-c2nc(CC(=O)NNC(=O)Cc3ccccc3)cs2)o1. The monoisotopic (exact) mass is 355 g/mol. The standard InChI is InChI=1S/C18H17N3O3S/c1-12-7-8-15(24-12)18-19-14(11-25-18)10-17(23)21-20-16(22)9-13-5-3-2-4-6-13/h2-8,11H,9-10H2,1H3,(H,20,22)(H,21,23). The van der Waals surface area contributed by atoms with Gasteiger partial charge in [0.2, 0.25) is 11.8 Å². The number of rotatable bonds is 5. The van der Waals surface area contributed by atoms with Crippen LogP contribution in [-0.4, -0.2) is 16.8 Å². The molecule has 0 radical (unpaired) electrons. The average molecular weight is 355 g/mol. The van der Waals surface area contributed by atoms with E-state index in [1.165, 1.54) is 11.3 Å². The summed E-state index contributed by atoms with van der Waals surface area (Å²) in [6.45, 7) is 1.86.